The molecule has 0 aliphatic carbocycles. The molecule has 0 atom stereocenters. The molecule has 0 bridgehead atoms. The van der Waals surface area contributed by atoms with Gasteiger partial charge < -0.3 is 19.2 Å². The Balaban J connectivity index is 0.00000121. The number of carbonyl (C=O) groups is 1. The lowest BCUT2D eigenvalue weighted by molar-refractivity contribution is 0.0468. The molecule has 144 valence electrons. The zero-order valence-electron chi connectivity index (χ0n) is 14.7. The van der Waals surface area contributed by atoms with Crippen LogP contribution in [0, 0.1) is 5.41 Å². The number of nitrogens with one attached hydrogen (secondary N) is 1. The minimum Gasteiger partial charge on any atom is -0.454 e. The number of nitrogens with zero attached hydrogens (tertiary/aromatic N) is 3. The van der Waals surface area contributed by atoms with E-state index in [2.05, 4.69) is 10.3 Å². The maximum atomic E-state index is 12.7. The number of furan rings is 1. The molecule has 4 heterocycles. The molecule has 2 aliphatic heterocycles. The first-order chi connectivity index (χ1) is 11.7. The van der Waals surface area contributed by atoms with E-state index in [4.69, 9.17) is 4.42 Å². The number of carbonyl (C=O) groups excluding carboxylic acids is 1. The molecule has 0 radical (unpaired) electrons. The summed E-state index contributed by atoms with van der Waals surface area (Å²) >= 11 is 0. The number of likely N-dealkylation sites (tertiary alicyclic amines) is 1. The molecule has 1 amide bonds. The van der Waals surface area contributed by atoms with Crippen LogP contribution in [0.5, 0.6) is 0 Å². The van der Waals surface area contributed by atoms with Crippen molar-refractivity contribution < 1.29 is 9.21 Å². The summed E-state index contributed by atoms with van der Waals surface area (Å²) in [5, 5.41) is 3.43. The van der Waals surface area contributed by atoms with Crippen LogP contribution in [0.15, 0.2) is 35.3 Å². The normalized spacial score (nSPS) is 18.8. The lowest BCUT2D eigenvalue weighted by atomic mass is 9.71. The first-order valence-corrected chi connectivity index (χ1v) is 8.79. The summed E-state index contributed by atoms with van der Waals surface area (Å²) in [6, 6.07) is 3.68. The average Bonchev–Trinajstić information content (AvgIpc) is 3.28. The van der Waals surface area contributed by atoms with Gasteiger partial charge in [0.2, 0.25) is 0 Å². The zero-order valence-corrected chi connectivity index (χ0v) is 16.4. The zero-order chi connectivity index (χ0) is 16.4. The number of rotatable bonds is 3. The van der Waals surface area contributed by atoms with Crippen LogP contribution < -0.4 is 5.32 Å². The second-order valence-corrected chi connectivity index (χ2v) is 7.04. The number of aromatic nitrogens is 2. The lowest BCUT2D eigenvalue weighted by Gasteiger charge is -2.44. The largest absolute Gasteiger partial charge is 0.454 e. The van der Waals surface area contributed by atoms with Gasteiger partial charge >= 0.3 is 0 Å². The molecule has 0 unspecified atom stereocenters. The van der Waals surface area contributed by atoms with Crippen LogP contribution in [-0.4, -0.2) is 46.5 Å². The number of piperidine rings is 2. The lowest BCUT2D eigenvalue weighted by Crippen LogP contribution is -2.47. The van der Waals surface area contributed by atoms with Crippen molar-refractivity contribution in [3.05, 3.63) is 42.4 Å². The Labute approximate surface area is 166 Å². The maximum absolute atomic E-state index is 12.7. The minimum atomic E-state index is 0. The molecule has 1 spiro atoms. The van der Waals surface area contributed by atoms with Gasteiger partial charge in [0.1, 0.15) is 5.76 Å². The fourth-order valence-corrected chi connectivity index (χ4v) is 3.94. The summed E-state index contributed by atoms with van der Waals surface area (Å²) in [6.07, 6.45) is 10.1. The van der Waals surface area contributed by atoms with Gasteiger partial charge in [0.05, 0.1) is 12.9 Å². The van der Waals surface area contributed by atoms with E-state index in [9.17, 15) is 4.79 Å². The Bertz CT molecular complexity index is 686. The quantitative estimate of drug-likeness (QED) is 0.859. The minimum absolute atomic E-state index is 0. The Morgan fingerprint density at radius 1 is 1.15 bits per heavy atom. The van der Waals surface area contributed by atoms with Crippen molar-refractivity contribution in [1.82, 2.24) is 19.8 Å². The van der Waals surface area contributed by atoms with Crippen molar-refractivity contribution >= 4 is 30.7 Å². The molecule has 0 saturated carbocycles. The molecular formula is C18H26Cl2N4O2. The average molecular weight is 401 g/mol. The van der Waals surface area contributed by atoms with Gasteiger partial charge in [0.25, 0.3) is 5.91 Å². The molecule has 2 saturated heterocycles. The van der Waals surface area contributed by atoms with Crippen LogP contribution in [0.1, 0.15) is 42.0 Å². The van der Waals surface area contributed by atoms with Gasteiger partial charge in [-0.1, -0.05) is 0 Å². The van der Waals surface area contributed by atoms with Gasteiger partial charge in [-0.2, -0.15) is 0 Å². The van der Waals surface area contributed by atoms with Gasteiger partial charge in [0, 0.05) is 25.5 Å². The molecule has 2 aromatic rings. The van der Waals surface area contributed by atoms with Crippen LogP contribution in [0.25, 0.3) is 0 Å². The summed E-state index contributed by atoms with van der Waals surface area (Å²) < 4.78 is 7.68. The van der Waals surface area contributed by atoms with Gasteiger partial charge in [0.15, 0.2) is 5.76 Å². The molecule has 0 aromatic carbocycles. The van der Waals surface area contributed by atoms with Gasteiger partial charge in [-0.3, -0.25) is 4.79 Å². The number of hydrogen-bond donors (Lipinski definition) is 1. The van der Waals surface area contributed by atoms with Crippen LogP contribution in [0.2, 0.25) is 0 Å². The first kappa shape index (κ1) is 20.8. The monoisotopic (exact) mass is 400 g/mol. The molecular weight excluding hydrogens is 375 g/mol. The molecule has 1 N–H and O–H groups in total. The van der Waals surface area contributed by atoms with Crippen LogP contribution in [0.4, 0.5) is 0 Å². The van der Waals surface area contributed by atoms with Crippen LogP contribution >= 0.6 is 24.8 Å². The van der Waals surface area contributed by atoms with E-state index in [1.807, 2.05) is 21.7 Å². The van der Waals surface area contributed by atoms with Crippen LogP contribution in [-0.2, 0) is 6.54 Å². The summed E-state index contributed by atoms with van der Waals surface area (Å²) in [5.74, 6) is 1.25. The van der Waals surface area contributed by atoms with E-state index in [1.165, 1.54) is 12.8 Å². The van der Waals surface area contributed by atoms with Gasteiger partial charge in [-0.25, -0.2) is 4.98 Å². The molecule has 2 aliphatic rings. The van der Waals surface area contributed by atoms with Gasteiger partial charge in [-0.15, -0.1) is 24.8 Å². The van der Waals surface area contributed by atoms with Crippen molar-refractivity contribution in [2.45, 2.75) is 32.2 Å². The summed E-state index contributed by atoms with van der Waals surface area (Å²) in [7, 11) is 0. The second-order valence-electron chi connectivity index (χ2n) is 7.04. The fourth-order valence-electron chi connectivity index (χ4n) is 3.94. The first-order valence-electron chi connectivity index (χ1n) is 8.79. The molecule has 2 aromatic heterocycles. The molecule has 8 heteroatoms. The van der Waals surface area contributed by atoms with Crippen LogP contribution in [0.3, 0.4) is 0 Å². The summed E-state index contributed by atoms with van der Waals surface area (Å²) in [5.41, 5.74) is 0.456. The topological polar surface area (TPSA) is 63.3 Å². The Hall–Kier alpha value is -1.50. The van der Waals surface area contributed by atoms with E-state index in [0.29, 0.717) is 17.7 Å². The Kier molecular flexibility index (Phi) is 7.15. The SMILES string of the molecule is Cl.Cl.O=C(c1ccc(Cn2ccnc2)o1)N1CCC2(CCNCC2)CC1. The second kappa shape index (κ2) is 8.93. The smallest absolute Gasteiger partial charge is 0.289 e. The van der Waals surface area contributed by atoms with E-state index < -0.39 is 0 Å². The predicted molar refractivity (Wildman–Crippen MR) is 104 cm³/mol. The van der Waals surface area contributed by atoms with Crippen molar-refractivity contribution in [2.75, 3.05) is 26.2 Å². The summed E-state index contributed by atoms with van der Waals surface area (Å²) in [4.78, 5) is 18.7. The highest BCUT2D eigenvalue weighted by atomic mass is 35.5. The number of imidazole rings is 1. The highest BCUT2D eigenvalue weighted by molar-refractivity contribution is 5.91. The number of amides is 1. The molecule has 2 fully saturated rings. The van der Waals surface area contributed by atoms with E-state index in [1.54, 1.807) is 18.6 Å². The van der Waals surface area contributed by atoms with E-state index in [0.717, 1.165) is 44.8 Å². The van der Waals surface area contributed by atoms with Crippen molar-refractivity contribution in [1.29, 1.82) is 0 Å². The highest BCUT2D eigenvalue weighted by Gasteiger charge is 2.37. The molecule has 6 nitrogen and oxygen atoms in total. The maximum Gasteiger partial charge on any atom is 0.289 e. The van der Waals surface area contributed by atoms with E-state index >= 15 is 0 Å². The van der Waals surface area contributed by atoms with E-state index in [-0.39, 0.29) is 30.7 Å². The molecule has 26 heavy (non-hydrogen) atoms. The fraction of sp³-hybridized carbons (Fsp3) is 0.556. The third-order valence-electron chi connectivity index (χ3n) is 5.55. The number of halogens is 2. The van der Waals surface area contributed by atoms with Crippen molar-refractivity contribution in [3.63, 3.8) is 0 Å². The number of hydrogen-bond acceptors (Lipinski definition) is 4. The highest BCUT2D eigenvalue weighted by Crippen LogP contribution is 2.39. The standard InChI is InChI=1S/C18H24N4O2.2ClH/c23-17(16-2-1-15(24-16)13-21-12-9-20-14-21)22-10-5-18(6-11-22)3-7-19-8-4-18;;/h1-2,9,12,14,19H,3-8,10-11,13H2;2*1H. The Morgan fingerprint density at radius 3 is 2.54 bits per heavy atom. The van der Waals surface area contributed by atoms with Crippen molar-refractivity contribution in [3.8, 4) is 0 Å². The Morgan fingerprint density at radius 2 is 1.88 bits per heavy atom. The predicted octanol–water partition coefficient (Wildman–Crippen LogP) is 2.97. The third kappa shape index (κ3) is 4.42. The van der Waals surface area contributed by atoms with Gasteiger partial charge in [-0.05, 0) is 56.3 Å². The van der Waals surface area contributed by atoms with Crippen molar-refractivity contribution in [2.24, 2.45) is 5.41 Å². The molecule has 4 rings (SSSR count). The third-order valence-corrected chi connectivity index (χ3v) is 5.55. The summed E-state index contributed by atoms with van der Waals surface area (Å²) in [6.45, 7) is 4.52.